The topological polar surface area (TPSA) is 25.6 Å². The molecule has 10 aromatic rings. The van der Waals surface area contributed by atoms with Crippen LogP contribution in [0.25, 0.3) is 55.3 Å². The van der Waals surface area contributed by atoms with Crippen LogP contribution in [0.2, 0.25) is 0 Å². The number of hydrogen-bond donors (Lipinski definition) is 0. The maximum absolute atomic E-state index is 7.52. The standard InChI is InChI=1S/C66H55NO2/c1-63(2,3)40-31-34-45-46-35-32-41(64(4,5)6)38-56(46)66(55(45)37-40)52-25-13-16-30-60(52)69-62-53(66)26-18-28-58(62)67(42-33-36-44-43-19-9-12-24-51(43)65(7,8)54(44)39-42)57-27-14-10-20-47(57)49-22-17-23-50-48-21-11-15-29-59(48)68-61(49)50/h9-39H,1-8H3. The third-order valence-corrected chi connectivity index (χ3v) is 15.7. The van der Waals surface area contributed by atoms with Gasteiger partial charge in [-0.15, -0.1) is 0 Å². The first-order valence-corrected chi connectivity index (χ1v) is 24.5. The summed E-state index contributed by atoms with van der Waals surface area (Å²) >= 11 is 0. The van der Waals surface area contributed by atoms with E-state index in [9.17, 15) is 0 Å². The highest BCUT2D eigenvalue weighted by molar-refractivity contribution is 6.11. The van der Waals surface area contributed by atoms with Crippen molar-refractivity contribution in [1.29, 1.82) is 0 Å². The molecular weight excluding hydrogens is 839 g/mol. The molecular formula is C66H55NO2. The molecule has 0 saturated carbocycles. The molecule has 0 saturated heterocycles. The first kappa shape index (κ1) is 41.6. The Morgan fingerprint density at radius 1 is 0.406 bits per heavy atom. The molecule has 0 radical (unpaired) electrons. The summed E-state index contributed by atoms with van der Waals surface area (Å²) in [6.07, 6.45) is 0. The monoisotopic (exact) mass is 893 g/mol. The quantitative estimate of drug-likeness (QED) is 0.176. The molecule has 0 amide bonds. The van der Waals surface area contributed by atoms with Gasteiger partial charge in [-0.05, 0) is 103 Å². The molecule has 1 spiro atoms. The highest BCUT2D eigenvalue weighted by Crippen LogP contribution is 2.65. The lowest BCUT2D eigenvalue weighted by molar-refractivity contribution is 0.437. The zero-order chi connectivity index (χ0) is 47.2. The molecule has 1 aliphatic heterocycles. The molecule has 0 fully saturated rings. The van der Waals surface area contributed by atoms with E-state index in [0.29, 0.717) is 0 Å². The van der Waals surface area contributed by atoms with Crippen molar-refractivity contribution in [3.05, 3.63) is 233 Å². The van der Waals surface area contributed by atoms with Gasteiger partial charge in [0.25, 0.3) is 0 Å². The minimum atomic E-state index is -0.681. The second-order valence-corrected chi connectivity index (χ2v) is 22.1. The minimum Gasteiger partial charge on any atom is -0.455 e. The van der Waals surface area contributed by atoms with Crippen molar-refractivity contribution >= 4 is 39.0 Å². The van der Waals surface area contributed by atoms with E-state index in [1.165, 1.54) is 55.6 Å². The second kappa shape index (κ2) is 14.5. The largest absolute Gasteiger partial charge is 0.455 e. The Bertz CT molecular complexity index is 3710. The Balaban J connectivity index is 1.13. The van der Waals surface area contributed by atoms with E-state index in [1.54, 1.807) is 0 Å². The Morgan fingerprint density at radius 3 is 1.68 bits per heavy atom. The number of para-hydroxylation sites is 5. The highest BCUT2D eigenvalue weighted by atomic mass is 16.5. The Kier molecular flexibility index (Phi) is 8.70. The molecule has 69 heavy (non-hydrogen) atoms. The van der Waals surface area contributed by atoms with Gasteiger partial charge in [0.05, 0.1) is 16.8 Å². The van der Waals surface area contributed by atoms with Gasteiger partial charge in [-0.1, -0.05) is 207 Å². The molecule has 3 aliphatic rings. The zero-order valence-corrected chi connectivity index (χ0v) is 40.7. The van der Waals surface area contributed by atoms with Crippen LogP contribution in [-0.4, -0.2) is 0 Å². The molecule has 1 aromatic heterocycles. The van der Waals surface area contributed by atoms with Gasteiger partial charge in [0.2, 0.25) is 0 Å². The summed E-state index contributed by atoms with van der Waals surface area (Å²) in [6, 6.07) is 69.8. The lowest BCUT2D eigenvalue weighted by Crippen LogP contribution is -2.33. The number of furan rings is 1. The van der Waals surface area contributed by atoms with Gasteiger partial charge in [0.15, 0.2) is 5.75 Å². The van der Waals surface area contributed by atoms with Crippen LogP contribution >= 0.6 is 0 Å². The second-order valence-electron chi connectivity index (χ2n) is 22.1. The molecule has 13 rings (SSSR count). The van der Waals surface area contributed by atoms with Crippen LogP contribution in [0.3, 0.4) is 0 Å². The van der Waals surface area contributed by atoms with Crippen molar-refractivity contribution in [3.63, 3.8) is 0 Å². The number of ether oxygens (including phenoxy) is 1. The van der Waals surface area contributed by atoms with Gasteiger partial charge in [0, 0.05) is 44.1 Å². The van der Waals surface area contributed by atoms with Crippen molar-refractivity contribution in [2.75, 3.05) is 4.90 Å². The fourth-order valence-electron chi connectivity index (χ4n) is 12.2. The molecule has 9 aromatic carbocycles. The summed E-state index contributed by atoms with van der Waals surface area (Å²) in [6.45, 7) is 18.7. The van der Waals surface area contributed by atoms with E-state index in [2.05, 4.69) is 242 Å². The van der Waals surface area contributed by atoms with E-state index in [4.69, 9.17) is 9.15 Å². The molecule has 336 valence electrons. The summed E-state index contributed by atoms with van der Waals surface area (Å²) < 4.78 is 14.3. The molecule has 0 N–H and O–H groups in total. The predicted octanol–water partition coefficient (Wildman–Crippen LogP) is 18.1. The number of rotatable bonds is 4. The van der Waals surface area contributed by atoms with Gasteiger partial charge in [0.1, 0.15) is 16.9 Å². The minimum absolute atomic E-state index is 0.0683. The maximum Gasteiger partial charge on any atom is 0.156 e. The van der Waals surface area contributed by atoms with Crippen LogP contribution in [-0.2, 0) is 21.7 Å². The van der Waals surface area contributed by atoms with Gasteiger partial charge in [-0.25, -0.2) is 0 Å². The SMILES string of the molecule is CC(C)(C)c1ccc2c(c1)C1(c3ccccc3Oc3c(N(c4ccc5c(c4)C(C)(C)c4ccccc4-5)c4ccccc4-c4cccc5c4oc4ccccc45)cccc31)c1cc(C(C)(C)C)ccc1-2. The van der Waals surface area contributed by atoms with Crippen LogP contribution in [0, 0.1) is 0 Å². The normalized spacial score (nSPS) is 14.7. The third kappa shape index (κ3) is 5.86. The third-order valence-electron chi connectivity index (χ3n) is 15.7. The molecule has 3 nitrogen and oxygen atoms in total. The van der Waals surface area contributed by atoms with Crippen LogP contribution in [0.4, 0.5) is 17.1 Å². The van der Waals surface area contributed by atoms with Gasteiger partial charge >= 0.3 is 0 Å². The number of nitrogens with zero attached hydrogens (tertiary/aromatic N) is 1. The highest BCUT2D eigenvalue weighted by Gasteiger charge is 2.52. The summed E-state index contributed by atoms with van der Waals surface area (Å²) in [4.78, 5) is 2.46. The van der Waals surface area contributed by atoms with Crippen molar-refractivity contribution in [1.82, 2.24) is 0 Å². The van der Waals surface area contributed by atoms with Crippen LogP contribution in [0.5, 0.6) is 11.5 Å². The number of fused-ring (bicyclic) bond motifs is 15. The summed E-state index contributed by atoms with van der Waals surface area (Å²) in [5.74, 6) is 1.71. The number of benzene rings is 9. The summed E-state index contributed by atoms with van der Waals surface area (Å²) in [7, 11) is 0. The van der Waals surface area contributed by atoms with Crippen molar-refractivity contribution < 1.29 is 9.15 Å². The smallest absolute Gasteiger partial charge is 0.156 e. The Morgan fingerprint density at radius 2 is 0.942 bits per heavy atom. The first-order valence-electron chi connectivity index (χ1n) is 24.5. The predicted molar refractivity (Wildman–Crippen MR) is 286 cm³/mol. The van der Waals surface area contributed by atoms with Crippen LogP contribution < -0.4 is 9.64 Å². The lowest BCUT2D eigenvalue weighted by atomic mass is 9.64. The van der Waals surface area contributed by atoms with Crippen LogP contribution in [0.15, 0.2) is 192 Å². The van der Waals surface area contributed by atoms with Gasteiger partial charge < -0.3 is 14.1 Å². The number of hydrogen-bond acceptors (Lipinski definition) is 3. The average molecular weight is 894 g/mol. The van der Waals surface area contributed by atoms with E-state index in [-0.39, 0.29) is 16.2 Å². The lowest BCUT2D eigenvalue weighted by Gasteiger charge is -2.42. The summed E-state index contributed by atoms with van der Waals surface area (Å²) in [5, 5.41) is 2.21. The van der Waals surface area contributed by atoms with Gasteiger partial charge in [-0.3, -0.25) is 0 Å². The maximum atomic E-state index is 7.52. The van der Waals surface area contributed by atoms with Crippen LogP contribution in [0.1, 0.15) is 99.9 Å². The van der Waals surface area contributed by atoms with E-state index in [1.807, 2.05) is 6.07 Å². The molecule has 0 atom stereocenters. The molecule has 0 unspecified atom stereocenters. The first-order chi connectivity index (χ1) is 33.2. The molecule has 2 heterocycles. The molecule has 2 aliphatic carbocycles. The fourth-order valence-corrected chi connectivity index (χ4v) is 12.2. The Hall–Kier alpha value is -7.62. The van der Waals surface area contributed by atoms with E-state index >= 15 is 0 Å². The van der Waals surface area contributed by atoms with E-state index in [0.717, 1.165) is 72.8 Å². The van der Waals surface area contributed by atoms with Crippen molar-refractivity contribution in [3.8, 4) is 44.9 Å². The Labute approximate surface area is 405 Å². The van der Waals surface area contributed by atoms with E-state index < -0.39 is 5.41 Å². The fraction of sp³-hybridized carbons (Fsp3) is 0.182. The van der Waals surface area contributed by atoms with Gasteiger partial charge in [-0.2, -0.15) is 0 Å². The van der Waals surface area contributed by atoms with Crippen molar-refractivity contribution in [2.24, 2.45) is 0 Å². The van der Waals surface area contributed by atoms with Crippen molar-refractivity contribution in [2.45, 2.75) is 77.0 Å². The summed E-state index contributed by atoms with van der Waals surface area (Å²) in [5.41, 5.74) is 21.2. The molecule has 3 heteroatoms. The molecule has 0 bridgehead atoms. The zero-order valence-electron chi connectivity index (χ0n) is 40.7. The average Bonchev–Trinajstić information content (AvgIpc) is 3.95. The number of anilines is 3.